The van der Waals surface area contributed by atoms with E-state index in [0.717, 1.165) is 0 Å². The molecule has 0 atom stereocenters. The summed E-state index contributed by atoms with van der Waals surface area (Å²) in [4.78, 5) is 4.07. The molecule has 0 amide bonds. The molecular formula is C13H16N2O3S2. The lowest BCUT2D eigenvalue weighted by Crippen LogP contribution is -2.23. The summed E-state index contributed by atoms with van der Waals surface area (Å²) < 4.78 is 32.3. The van der Waals surface area contributed by atoms with E-state index < -0.39 is 10.0 Å². The monoisotopic (exact) mass is 312 g/mol. The maximum atomic E-state index is 12.1. The Bertz CT molecular complexity index is 657. The molecule has 7 heteroatoms. The van der Waals surface area contributed by atoms with Crippen molar-refractivity contribution >= 4 is 26.5 Å². The van der Waals surface area contributed by atoms with Crippen LogP contribution in [0.2, 0.25) is 0 Å². The molecule has 20 heavy (non-hydrogen) atoms. The number of rotatable bonds is 4. The quantitative estimate of drug-likeness (QED) is 0.942. The topological polar surface area (TPSA) is 68.3 Å². The molecule has 0 bridgehead atoms. The van der Waals surface area contributed by atoms with Crippen LogP contribution < -0.4 is 9.46 Å². The summed E-state index contributed by atoms with van der Waals surface area (Å²) in [6, 6.07) is 6.30. The van der Waals surface area contributed by atoms with Gasteiger partial charge in [-0.25, -0.2) is 13.4 Å². The molecule has 0 radical (unpaired) electrons. The van der Waals surface area contributed by atoms with E-state index in [2.05, 4.69) is 9.71 Å². The predicted molar refractivity (Wildman–Crippen MR) is 79.7 cm³/mol. The van der Waals surface area contributed by atoms with Crippen molar-refractivity contribution in [3.8, 4) is 5.75 Å². The van der Waals surface area contributed by atoms with E-state index in [-0.39, 0.29) is 10.5 Å². The van der Waals surface area contributed by atoms with E-state index in [9.17, 15) is 8.42 Å². The van der Waals surface area contributed by atoms with Gasteiger partial charge in [0.2, 0.25) is 0 Å². The van der Waals surface area contributed by atoms with Crippen LogP contribution in [0.15, 0.2) is 40.7 Å². The second-order valence-corrected chi connectivity index (χ2v) is 7.71. The SMILES string of the molecule is CC(C)(C)Oc1ccc(S(=O)(=O)Nc2nccs2)cc1. The van der Waals surface area contributed by atoms with Crippen LogP contribution in [0.25, 0.3) is 0 Å². The van der Waals surface area contributed by atoms with E-state index in [4.69, 9.17) is 4.74 Å². The molecule has 0 aliphatic carbocycles. The van der Waals surface area contributed by atoms with Crippen LogP contribution in [0.3, 0.4) is 0 Å². The summed E-state index contributed by atoms with van der Waals surface area (Å²) in [6.45, 7) is 5.80. The third kappa shape index (κ3) is 3.94. The summed E-state index contributed by atoms with van der Waals surface area (Å²) in [5, 5.41) is 2.05. The van der Waals surface area contributed by atoms with Crippen molar-refractivity contribution in [3.05, 3.63) is 35.8 Å². The Balaban J connectivity index is 2.17. The van der Waals surface area contributed by atoms with Gasteiger partial charge < -0.3 is 4.74 Å². The largest absolute Gasteiger partial charge is 0.488 e. The van der Waals surface area contributed by atoms with Crippen LogP contribution in [-0.2, 0) is 10.0 Å². The number of nitrogens with zero attached hydrogens (tertiary/aromatic N) is 1. The van der Waals surface area contributed by atoms with Crippen molar-refractivity contribution < 1.29 is 13.2 Å². The molecule has 0 saturated carbocycles. The van der Waals surface area contributed by atoms with Crippen LogP contribution in [0.4, 0.5) is 5.13 Å². The van der Waals surface area contributed by atoms with Crippen molar-refractivity contribution in [2.45, 2.75) is 31.3 Å². The number of nitrogens with one attached hydrogen (secondary N) is 1. The molecule has 2 aromatic rings. The summed E-state index contributed by atoms with van der Waals surface area (Å²) in [5.74, 6) is 0.630. The van der Waals surface area contributed by atoms with Crippen LogP contribution in [0.1, 0.15) is 20.8 Å². The molecule has 0 saturated heterocycles. The number of aromatic nitrogens is 1. The fourth-order valence-corrected chi connectivity index (χ4v) is 3.28. The van der Waals surface area contributed by atoms with Gasteiger partial charge in [0.05, 0.1) is 4.90 Å². The van der Waals surface area contributed by atoms with Gasteiger partial charge in [-0.15, -0.1) is 11.3 Å². The number of benzene rings is 1. The third-order valence-electron chi connectivity index (χ3n) is 2.21. The van der Waals surface area contributed by atoms with Gasteiger partial charge in [0.25, 0.3) is 10.0 Å². The normalized spacial score (nSPS) is 12.2. The Morgan fingerprint density at radius 1 is 1.20 bits per heavy atom. The number of thiazole rings is 1. The van der Waals surface area contributed by atoms with Gasteiger partial charge in [-0.2, -0.15) is 0 Å². The van der Waals surface area contributed by atoms with E-state index in [0.29, 0.717) is 10.9 Å². The van der Waals surface area contributed by atoms with Crippen molar-refractivity contribution in [1.82, 2.24) is 4.98 Å². The molecule has 1 aromatic carbocycles. The Morgan fingerprint density at radius 2 is 1.85 bits per heavy atom. The van der Waals surface area contributed by atoms with E-state index in [1.807, 2.05) is 20.8 Å². The summed E-state index contributed by atoms with van der Waals surface area (Å²) in [7, 11) is -3.60. The Morgan fingerprint density at radius 3 is 2.35 bits per heavy atom. The number of ether oxygens (including phenoxy) is 1. The fourth-order valence-electron chi connectivity index (χ4n) is 1.49. The Hall–Kier alpha value is -1.60. The molecule has 108 valence electrons. The molecule has 1 aromatic heterocycles. The first kappa shape index (κ1) is 14.8. The highest BCUT2D eigenvalue weighted by Gasteiger charge is 2.16. The van der Waals surface area contributed by atoms with Gasteiger partial charge in [-0.05, 0) is 45.0 Å². The van der Waals surface area contributed by atoms with Gasteiger partial charge in [0, 0.05) is 11.6 Å². The van der Waals surface area contributed by atoms with Crippen molar-refractivity contribution in [1.29, 1.82) is 0 Å². The molecule has 2 rings (SSSR count). The molecule has 0 fully saturated rings. The zero-order valence-electron chi connectivity index (χ0n) is 11.5. The Kier molecular flexibility index (Phi) is 4.01. The van der Waals surface area contributed by atoms with Gasteiger partial charge in [0.1, 0.15) is 11.4 Å². The molecule has 0 aliphatic heterocycles. The average Bonchev–Trinajstić information content (AvgIpc) is 2.79. The highest BCUT2D eigenvalue weighted by atomic mass is 32.2. The minimum absolute atomic E-state index is 0.175. The van der Waals surface area contributed by atoms with Crippen LogP contribution in [-0.4, -0.2) is 19.0 Å². The van der Waals surface area contributed by atoms with E-state index in [1.165, 1.54) is 23.5 Å². The molecule has 0 spiro atoms. The molecule has 0 aliphatic rings. The second-order valence-electron chi connectivity index (χ2n) is 5.13. The number of sulfonamides is 1. The lowest BCUT2D eigenvalue weighted by atomic mass is 10.2. The zero-order valence-corrected chi connectivity index (χ0v) is 13.1. The number of anilines is 1. The molecule has 1 heterocycles. The van der Waals surface area contributed by atoms with Crippen molar-refractivity contribution in [3.63, 3.8) is 0 Å². The molecule has 0 unspecified atom stereocenters. The zero-order chi connectivity index (χ0) is 14.8. The Labute approximate surface area is 122 Å². The first-order chi connectivity index (χ1) is 9.26. The molecular weight excluding hydrogens is 296 g/mol. The van der Waals surface area contributed by atoms with Gasteiger partial charge >= 0.3 is 0 Å². The maximum absolute atomic E-state index is 12.1. The average molecular weight is 312 g/mol. The number of hydrogen-bond acceptors (Lipinski definition) is 5. The van der Waals surface area contributed by atoms with Gasteiger partial charge in [0.15, 0.2) is 5.13 Å². The summed E-state index contributed by atoms with van der Waals surface area (Å²) in [6.07, 6.45) is 1.54. The first-order valence-electron chi connectivity index (χ1n) is 5.98. The van der Waals surface area contributed by atoms with E-state index >= 15 is 0 Å². The van der Waals surface area contributed by atoms with Crippen LogP contribution in [0, 0.1) is 0 Å². The summed E-state index contributed by atoms with van der Waals surface area (Å²) in [5.41, 5.74) is -0.320. The first-order valence-corrected chi connectivity index (χ1v) is 8.34. The van der Waals surface area contributed by atoms with Crippen LogP contribution >= 0.6 is 11.3 Å². The van der Waals surface area contributed by atoms with Crippen molar-refractivity contribution in [2.24, 2.45) is 0 Å². The lowest BCUT2D eigenvalue weighted by molar-refractivity contribution is 0.131. The van der Waals surface area contributed by atoms with Gasteiger partial charge in [-0.3, -0.25) is 4.72 Å². The summed E-state index contributed by atoms with van der Waals surface area (Å²) >= 11 is 1.23. The molecule has 1 N–H and O–H groups in total. The molecule has 5 nitrogen and oxygen atoms in total. The third-order valence-corrected chi connectivity index (χ3v) is 4.38. The highest BCUT2D eigenvalue weighted by molar-refractivity contribution is 7.93. The van der Waals surface area contributed by atoms with Gasteiger partial charge in [-0.1, -0.05) is 0 Å². The van der Waals surface area contributed by atoms with E-state index in [1.54, 1.807) is 23.7 Å². The predicted octanol–water partition coefficient (Wildman–Crippen LogP) is 3.12. The fraction of sp³-hybridized carbons (Fsp3) is 0.308. The minimum atomic E-state index is -3.60. The minimum Gasteiger partial charge on any atom is -0.488 e. The highest BCUT2D eigenvalue weighted by Crippen LogP contribution is 2.22. The van der Waals surface area contributed by atoms with Crippen LogP contribution in [0.5, 0.6) is 5.75 Å². The van der Waals surface area contributed by atoms with Crippen molar-refractivity contribution in [2.75, 3.05) is 4.72 Å². The standard InChI is InChI=1S/C13H16N2O3S2/c1-13(2,3)18-10-4-6-11(7-5-10)20(16,17)15-12-14-8-9-19-12/h4-9H,1-3H3,(H,14,15). The number of hydrogen-bond donors (Lipinski definition) is 1. The maximum Gasteiger partial charge on any atom is 0.263 e. The lowest BCUT2D eigenvalue weighted by Gasteiger charge is -2.21. The second kappa shape index (κ2) is 5.41. The smallest absolute Gasteiger partial charge is 0.263 e.